The number of aromatic nitrogens is 1. The van der Waals surface area contributed by atoms with Gasteiger partial charge in [-0.3, -0.25) is 0 Å². The Balaban J connectivity index is 1.43. The van der Waals surface area contributed by atoms with E-state index in [0.717, 1.165) is 55.0 Å². The third-order valence-electron chi connectivity index (χ3n) is 5.41. The number of fused-ring (bicyclic) bond motifs is 1. The second-order valence-electron chi connectivity index (χ2n) is 8.30. The highest BCUT2D eigenvalue weighted by molar-refractivity contribution is 5.82. The maximum Gasteiger partial charge on any atom is 0.409 e. The van der Waals surface area contributed by atoms with Gasteiger partial charge in [0.2, 0.25) is 5.88 Å². The zero-order chi connectivity index (χ0) is 23.6. The first-order chi connectivity index (χ1) is 16.0. The summed E-state index contributed by atoms with van der Waals surface area (Å²) in [5.74, 6) is 0.523. The largest absolute Gasteiger partial charge is 0.478 e. The Bertz CT molecular complexity index is 1120. The Morgan fingerprint density at radius 3 is 2.39 bits per heavy atom. The van der Waals surface area contributed by atoms with Crippen molar-refractivity contribution in [2.24, 2.45) is 0 Å². The van der Waals surface area contributed by atoms with E-state index in [1.54, 1.807) is 14.1 Å². The van der Waals surface area contributed by atoms with E-state index in [-0.39, 0.29) is 11.7 Å². The average Bonchev–Trinajstić information content (AvgIpc) is 2.80. The van der Waals surface area contributed by atoms with Gasteiger partial charge in [0.15, 0.2) is 5.58 Å². The third kappa shape index (κ3) is 7.07. The molecule has 7 heteroatoms. The van der Waals surface area contributed by atoms with Crippen LogP contribution in [0.3, 0.4) is 0 Å². The molecule has 0 aliphatic carbocycles. The van der Waals surface area contributed by atoms with Crippen molar-refractivity contribution in [3.8, 4) is 17.0 Å². The zero-order valence-electron chi connectivity index (χ0n) is 19.6. The summed E-state index contributed by atoms with van der Waals surface area (Å²) in [6.07, 6.45) is 7.40. The van der Waals surface area contributed by atoms with Gasteiger partial charge in [-0.2, -0.15) is 0 Å². The predicted octanol–water partition coefficient (Wildman–Crippen LogP) is 5.58. The Hall–Kier alpha value is -3.35. The molecule has 0 saturated carbocycles. The van der Waals surface area contributed by atoms with Gasteiger partial charge in [0.1, 0.15) is 0 Å². The van der Waals surface area contributed by atoms with Crippen LogP contribution in [0.15, 0.2) is 51.8 Å². The molecule has 0 bridgehead atoms. The number of carbonyl (C=O) groups excluding carboxylic acids is 1. The fourth-order valence-corrected chi connectivity index (χ4v) is 3.52. The van der Waals surface area contributed by atoms with Gasteiger partial charge in [0, 0.05) is 25.5 Å². The summed E-state index contributed by atoms with van der Waals surface area (Å²) in [5.41, 5.74) is 2.49. The van der Waals surface area contributed by atoms with Crippen molar-refractivity contribution in [2.45, 2.75) is 45.4 Å². The van der Waals surface area contributed by atoms with Gasteiger partial charge < -0.3 is 18.8 Å². The summed E-state index contributed by atoms with van der Waals surface area (Å²) in [5, 5.41) is 0.785. The van der Waals surface area contributed by atoms with E-state index >= 15 is 0 Å². The topological polar surface area (TPSA) is 81.9 Å². The van der Waals surface area contributed by atoms with Crippen LogP contribution in [0.25, 0.3) is 22.1 Å². The standard InChI is InChI=1S/C26H32N2O5/c1-19-12-8-9-13-21(19)22-16-20-17-24(27-18-23(20)33-25(22)29)31-14-10-6-4-5-7-11-15-32-26(30)28(2)3/h8-9,12-13,16-18H,4-7,10-11,14-15H2,1-3H3. The highest BCUT2D eigenvalue weighted by atomic mass is 16.6. The van der Waals surface area contributed by atoms with Crippen molar-refractivity contribution in [3.05, 3.63) is 58.6 Å². The van der Waals surface area contributed by atoms with Gasteiger partial charge in [-0.15, -0.1) is 0 Å². The number of ether oxygens (including phenoxy) is 2. The van der Waals surface area contributed by atoms with Crippen LogP contribution in [-0.2, 0) is 4.74 Å². The van der Waals surface area contributed by atoms with Crippen LogP contribution in [0.2, 0.25) is 0 Å². The highest BCUT2D eigenvalue weighted by Crippen LogP contribution is 2.25. The SMILES string of the molecule is Cc1ccccc1-c1cc2cc(OCCCCCCCCOC(=O)N(C)C)ncc2oc1=O. The number of nitrogens with zero attached hydrogens (tertiary/aromatic N) is 2. The molecule has 0 atom stereocenters. The van der Waals surface area contributed by atoms with Crippen molar-refractivity contribution in [1.29, 1.82) is 0 Å². The Morgan fingerprint density at radius 1 is 0.970 bits per heavy atom. The minimum Gasteiger partial charge on any atom is -0.478 e. The maximum atomic E-state index is 12.4. The molecule has 0 radical (unpaired) electrons. The summed E-state index contributed by atoms with van der Waals surface area (Å²) in [4.78, 5) is 29.4. The number of unbranched alkanes of at least 4 members (excludes halogenated alkanes) is 5. The molecule has 0 fully saturated rings. The lowest BCUT2D eigenvalue weighted by Crippen LogP contribution is -2.23. The van der Waals surface area contributed by atoms with Crippen LogP contribution in [0.1, 0.15) is 44.1 Å². The molecule has 3 aromatic rings. The predicted molar refractivity (Wildman–Crippen MR) is 129 cm³/mol. The summed E-state index contributed by atoms with van der Waals surface area (Å²) in [6.45, 7) is 3.03. The van der Waals surface area contributed by atoms with Crippen LogP contribution in [0.5, 0.6) is 5.88 Å². The number of aryl methyl sites for hydroxylation is 1. The number of hydrogen-bond donors (Lipinski definition) is 0. The molecule has 33 heavy (non-hydrogen) atoms. The van der Waals surface area contributed by atoms with Crippen LogP contribution >= 0.6 is 0 Å². The van der Waals surface area contributed by atoms with E-state index in [0.29, 0.717) is 30.2 Å². The summed E-state index contributed by atoms with van der Waals surface area (Å²) in [6, 6.07) is 11.4. The van der Waals surface area contributed by atoms with E-state index < -0.39 is 0 Å². The van der Waals surface area contributed by atoms with Gasteiger partial charge in [-0.25, -0.2) is 14.6 Å². The molecule has 3 rings (SSSR count). The normalized spacial score (nSPS) is 10.9. The molecule has 0 aliphatic rings. The number of carbonyl (C=O) groups is 1. The highest BCUT2D eigenvalue weighted by Gasteiger charge is 2.11. The number of pyridine rings is 1. The first-order valence-electron chi connectivity index (χ1n) is 11.4. The minimum atomic E-state index is -0.372. The van der Waals surface area contributed by atoms with E-state index in [1.807, 2.05) is 43.3 Å². The quantitative estimate of drug-likeness (QED) is 0.353. The van der Waals surface area contributed by atoms with Crippen molar-refractivity contribution in [1.82, 2.24) is 9.88 Å². The van der Waals surface area contributed by atoms with E-state index in [2.05, 4.69) is 4.98 Å². The van der Waals surface area contributed by atoms with Crippen molar-refractivity contribution >= 4 is 17.1 Å². The van der Waals surface area contributed by atoms with E-state index in [4.69, 9.17) is 13.9 Å². The second-order valence-corrected chi connectivity index (χ2v) is 8.30. The molecule has 2 heterocycles. The Morgan fingerprint density at radius 2 is 1.67 bits per heavy atom. The van der Waals surface area contributed by atoms with Gasteiger partial charge in [0.05, 0.1) is 25.0 Å². The number of benzene rings is 1. The number of rotatable bonds is 11. The number of amides is 1. The molecule has 1 aromatic carbocycles. The maximum absolute atomic E-state index is 12.4. The fourth-order valence-electron chi connectivity index (χ4n) is 3.52. The van der Waals surface area contributed by atoms with Gasteiger partial charge in [0.25, 0.3) is 0 Å². The summed E-state index contributed by atoms with van der Waals surface area (Å²) >= 11 is 0. The lowest BCUT2D eigenvalue weighted by molar-refractivity contribution is 0.116. The average molecular weight is 453 g/mol. The molecule has 2 aromatic heterocycles. The van der Waals surface area contributed by atoms with Crippen LogP contribution in [0, 0.1) is 6.92 Å². The first-order valence-corrected chi connectivity index (χ1v) is 11.4. The van der Waals surface area contributed by atoms with Crippen LogP contribution in [-0.4, -0.2) is 43.3 Å². The Kier molecular flexibility index (Phi) is 8.87. The molecular formula is C26H32N2O5. The van der Waals surface area contributed by atoms with Crippen LogP contribution in [0.4, 0.5) is 4.79 Å². The molecular weight excluding hydrogens is 420 g/mol. The zero-order valence-corrected chi connectivity index (χ0v) is 19.6. The lowest BCUT2D eigenvalue weighted by atomic mass is 10.0. The lowest BCUT2D eigenvalue weighted by Gasteiger charge is -2.10. The number of hydrogen-bond acceptors (Lipinski definition) is 6. The molecule has 7 nitrogen and oxygen atoms in total. The monoisotopic (exact) mass is 452 g/mol. The first kappa shape index (κ1) is 24.3. The minimum absolute atomic E-state index is 0.289. The Labute approximate surface area is 194 Å². The second kappa shape index (κ2) is 12.0. The van der Waals surface area contributed by atoms with Crippen molar-refractivity contribution < 1.29 is 18.7 Å². The molecule has 0 saturated heterocycles. The van der Waals surface area contributed by atoms with E-state index in [9.17, 15) is 9.59 Å². The van der Waals surface area contributed by atoms with Crippen molar-refractivity contribution in [2.75, 3.05) is 27.3 Å². The van der Waals surface area contributed by atoms with Crippen LogP contribution < -0.4 is 10.4 Å². The molecule has 1 amide bonds. The van der Waals surface area contributed by atoms with Gasteiger partial charge >= 0.3 is 11.7 Å². The van der Waals surface area contributed by atoms with Crippen molar-refractivity contribution in [3.63, 3.8) is 0 Å². The molecule has 0 aliphatic heterocycles. The third-order valence-corrected chi connectivity index (χ3v) is 5.41. The fraction of sp³-hybridized carbons (Fsp3) is 0.423. The molecule has 0 spiro atoms. The van der Waals surface area contributed by atoms with E-state index in [1.165, 1.54) is 11.1 Å². The van der Waals surface area contributed by atoms with Gasteiger partial charge in [-0.05, 0) is 37.0 Å². The smallest absolute Gasteiger partial charge is 0.409 e. The summed E-state index contributed by atoms with van der Waals surface area (Å²) < 4.78 is 16.4. The van der Waals surface area contributed by atoms with Gasteiger partial charge in [-0.1, -0.05) is 49.9 Å². The molecule has 0 unspecified atom stereocenters. The summed E-state index contributed by atoms with van der Waals surface area (Å²) in [7, 11) is 3.36. The molecule has 176 valence electrons. The molecule has 0 N–H and O–H groups in total.